The van der Waals surface area contributed by atoms with Gasteiger partial charge in [-0.15, -0.1) is 0 Å². The highest BCUT2D eigenvalue weighted by Gasteiger charge is 2.45. The zero-order valence-corrected chi connectivity index (χ0v) is 13.3. The topological polar surface area (TPSA) is 55.1 Å². The van der Waals surface area contributed by atoms with Crippen molar-refractivity contribution in [1.29, 1.82) is 0 Å². The van der Waals surface area contributed by atoms with E-state index < -0.39 is 0 Å². The SMILES string of the molecule is NCC1CCCC1NC(=O)C1CC1c1cc(Cl)cc(Cl)c1. The van der Waals surface area contributed by atoms with Gasteiger partial charge in [0.1, 0.15) is 0 Å². The first kappa shape index (κ1) is 15.1. The molecule has 2 aliphatic rings. The second kappa shape index (κ2) is 6.15. The number of benzene rings is 1. The average Bonchev–Trinajstić information content (AvgIpc) is 3.12. The van der Waals surface area contributed by atoms with Crippen molar-refractivity contribution in [1.82, 2.24) is 5.32 Å². The fraction of sp³-hybridized carbons (Fsp3) is 0.562. The van der Waals surface area contributed by atoms with Gasteiger partial charge in [0.25, 0.3) is 0 Å². The summed E-state index contributed by atoms with van der Waals surface area (Å²) in [6.07, 6.45) is 4.21. The summed E-state index contributed by atoms with van der Waals surface area (Å²) >= 11 is 12.1. The number of rotatable bonds is 4. The lowest BCUT2D eigenvalue weighted by atomic mass is 10.0. The summed E-state index contributed by atoms with van der Waals surface area (Å²) in [6, 6.07) is 5.79. The number of nitrogens with one attached hydrogen (secondary N) is 1. The Morgan fingerprint density at radius 1 is 1.24 bits per heavy atom. The molecule has 0 aliphatic heterocycles. The van der Waals surface area contributed by atoms with Gasteiger partial charge in [-0.1, -0.05) is 29.6 Å². The fourth-order valence-corrected chi connectivity index (χ4v) is 3.98. The summed E-state index contributed by atoms with van der Waals surface area (Å²) in [5.74, 6) is 0.894. The minimum atomic E-state index is 0.0542. The molecule has 4 atom stereocenters. The van der Waals surface area contributed by atoms with Gasteiger partial charge in [0, 0.05) is 22.0 Å². The minimum absolute atomic E-state index is 0.0542. The summed E-state index contributed by atoms with van der Waals surface area (Å²) in [5, 5.41) is 4.44. The van der Waals surface area contributed by atoms with Crippen molar-refractivity contribution < 1.29 is 4.79 Å². The second-order valence-electron chi connectivity index (χ2n) is 6.19. The maximum absolute atomic E-state index is 12.4. The molecule has 1 aromatic carbocycles. The van der Waals surface area contributed by atoms with Gasteiger partial charge in [-0.05, 0) is 61.4 Å². The average molecular weight is 327 g/mol. The maximum atomic E-state index is 12.4. The van der Waals surface area contributed by atoms with E-state index in [0.29, 0.717) is 22.5 Å². The molecule has 3 rings (SSSR count). The smallest absolute Gasteiger partial charge is 0.223 e. The van der Waals surface area contributed by atoms with Crippen molar-refractivity contribution in [2.24, 2.45) is 17.6 Å². The quantitative estimate of drug-likeness (QED) is 0.891. The minimum Gasteiger partial charge on any atom is -0.353 e. The van der Waals surface area contributed by atoms with Gasteiger partial charge in [0.2, 0.25) is 5.91 Å². The Balaban J connectivity index is 1.60. The number of amides is 1. The molecule has 114 valence electrons. The van der Waals surface area contributed by atoms with E-state index in [1.165, 1.54) is 0 Å². The Morgan fingerprint density at radius 2 is 1.95 bits per heavy atom. The largest absolute Gasteiger partial charge is 0.353 e. The maximum Gasteiger partial charge on any atom is 0.223 e. The molecule has 3 N–H and O–H groups in total. The van der Waals surface area contributed by atoms with Gasteiger partial charge in [-0.25, -0.2) is 0 Å². The van der Waals surface area contributed by atoms with Crippen LogP contribution in [0.15, 0.2) is 18.2 Å². The van der Waals surface area contributed by atoms with Crippen molar-refractivity contribution >= 4 is 29.1 Å². The molecular formula is C16H20Cl2N2O. The number of halogens is 2. The molecular weight excluding hydrogens is 307 g/mol. The summed E-state index contributed by atoms with van der Waals surface area (Å²) < 4.78 is 0. The molecule has 0 bridgehead atoms. The normalized spacial score (nSPS) is 31.2. The van der Waals surface area contributed by atoms with E-state index in [4.69, 9.17) is 28.9 Å². The first-order valence-corrected chi connectivity index (χ1v) is 8.30. The van der Waals surface area contributed by atoms with Crippen molar-refractivity contribution in [2.45, 2.75) is 37.6 Å². The third kappa shape index (κ3) is 3.36. The van der Waals surface area contributed by atoms with E-state index in [1.807, 2.05) is 12.1 Å². The predicted octanol–water partition coefficient (Wildman–Crippen LogP) is 3.34. The molecule has 0 aromatic heterocycles. The van der Waals surface area contributed by atoms with Gasteiger partial charge in [0.15, 0.2) is 0 Å². The van der Waals surface area contributed by atoms with Crippen molar-refractivity contribution in [3.05, 3.63) is 33.8 Å². The highest BCUT2D eigenvalue weighted by molar-refractivity contribution is 6.34. The van der Waals surface area contributed by atoms with Crippen LogP contribution in [0.25, 0.3) is 0 Å². The van der Waals surface area contributed by atoms with Crippen LogP contribution in [0.1, 0.15) is 37.2 Å². The Labute approximate surface area is 135 Å². The Bertz CT molecular complexity index is 529. The third-order valence-electron chi connectivity index (χ3n) is 4.73. The van der Waals surface area contributed by atoms with Gasteiger partial charge in [0.05, 0.1) is 0 Å². The number of nitrogens with two attached hydrogens (primary N) is 1. The molecule has 2 saturated carbocycles. The van der Waals surface area contributed by atoms with Crippen molar-refractivity contribution in [3.63, 3.8) is 0 Å². The van der Waals surface area contributed by atoms with Crippen LogP contribution < -0.4 is 11.1 Å². The monoisotopic (exact) mass is 326 g/mol. The Morgan fingerprint density at radius 3 is 2.62 bits per heavy atom. The van der Waals surface area contributed by atoms with Gasteiger partial charge in [-0.3, -0.25) is 4.79 Å². The van der Waals surface area contributed by atoms with E-state index in [2.05, 4.69) is 5.32 Å². The lowest BCUT2D eigenvalue weighted by molar-refractivity contribution is -0.123. The molecule has 21 heavy (non-hydrogen) atoms. The fourth-order valence-electron chi connectivity index (χ4n) is 3.44. The van der Waals surface area contributed by atoms with Crippen LogP contribution in [0.2, 0.25) is 10.0 Å². The number of carbonyl (C=O) groups is 1. The highest BCUT2D eigenvalue weighted by atomic mass is 35.5. The molecule has 0 saturated heterocycles. The summed E-state index contributed by atoms with van der Waals surface area (Å²) in [4.78, 5) is 12.4. The van der Waals surface area contributed by atoms with Crippen LogP contribution in [0, 0.1) is 11.8 Å². The van der Waals surface area contributed by atoms with Gasteiger partial charge in [-0.2, -0.15) is 0 Å². The molecule has 5 heteroatoms. The molecule has 1 amide bonds. The summed E-state index contributed by atoms with van der Waals surface area (Å²) in [7, 11) is 0. The lowest BCUT2D eigenvalue weighted by Gasteiger charge is -2.19. The zero-order chi connectivity index (χ0) is 15.0. The molecule has 0 heterocycles. The predicted molar refractivity (Wildman–Crippen MR) is 85.6 cm³/mol. The molecule has 0 spiro atoms. The Hall–Kier alpha value is -0.770. The first-order valence-electron chi connectivity index (χ1n) is 7.55. The lowest BCUT2D eigenvalue weighted by Crippen LogP contribution is -2.40. The van der Waals surface area contributed by atoms with Crippen molar-refractivity contribution in [3.8, 4) is 0 Å². The number of hydrogen-bond donors (Lipinski definition) is 2. The van der Waals surface area contributed by atoms with Crippen LogP contribution in [-0.4, -0.2) is 18.5 Å². The van der Waals surface area contributed by atoms with Gasteiger partial charge >= 0.3 is 0 Å². The van der Waals surface area contributed by atoms with Crippen LogP contribution in [0.4, 0.5) is 0 Å². The third-order valence-corrected chi connectivity index (χ3v) is 5.17. The first-order chi connectivity index (χ1) is 10.1. The standard InChI is InChI=1S/C16H20Cl2N2O/c17-11-4-10(5-12(18)6-11)13-7-14(13)16(21)20-15-3-1-2-9(15)8-19/h4-6,9,13-15H,1-3,7-8,19H2,(H,20,21). The van der Waals surface area contributed by atoms with Crippen LogP contribution in [0.5, 0.6) is 0 Å². The number of carbonyl (C=O) groups excluding carboxylic acids is 1. The van der Waals surface area contributed by atoms with Crippen molar-refractivity contribution in [2.75, 3.05) is 6.54 Å². The summed E-state index contributed by atoms with van der Waals surface area (Å²) in [6.45, 7) is 0.656. The van der Waals surface area contributed by atoms with Gasteiger partial charge < -0.3 is 11.1 Å². The van der Waals surface area contributed by atoms with Crippen LogP contribution >= 0.6 is 23.2 Å². The summed E-state index contributed by atoms with van der Waals surface area (Å²) in [5.41, 5.74) is 6.83. The Kier molecular flexibility index (Phi) is 4.43. The van der Waals surface area contributed by atoms with E-state index in [-0.39, 0.29) is 23.8 Å². The van der Waals surface area contributed by atoms with E-state index in [0.717, 1.165) is 31.2 Å². The van der Waals surface area contributed by atoms with Crippen LogP contribution in [0.3, 0.4) is 0 Å². The van der Waals surface area contributed by atoms with E-state index in [9.17, 15) is 4.79 Å². The molecule has 1 aromatic rings. The number of hydrogen-bond acceptors (Lipinski definition) is 2. The van der Waals surface area contributed by atoms with E-state index >= 15 is 0 Å². The van der Waals surface area contributed by atoms with E-state index in [1.54, 1.807) is 6.07 Å². The molecule has 2 aliphatic carbocycles. The zero-order valence-electron chi connectivity index (χ0n) is 11.8. The molecule has 0 radical (unpaired) electrons. The highest BCUT2D eigenvalue weighted by Crippen LogP contribution is 2.48. The molecule has 2 fully saturated rings. The molecule has 4 unspecified atom stereocenters. The van der Waals surface area contributed by atoms with Crippen LogP contribution in [-0.2, 0) is 4.79 Å². The second-order valence-corrected chi connectivity index (χ2v) is 7.07. The molecule has 3 nitrogen and oxygen atoms in total.